The van der Waals surface area contributed by atoms with E-state index in [0.717, 1.165) is 36.6 Å². The Bertz CT molecular complexity index is 1010. The van der Waals surface area contributed by atoms with Gasteiger partial charge in [-0.15, -0.1) is 0 Å². The predicted octanol–water partition coefficient (Wildman–Crippen LogP) is 3.89. The number of benzene rings is 2. The van der Waals surface area contributed by atoms with Crippen LogP contribution in [-0.2, 0) is 14.8 Å². The Morgan fingerprint density at radius 3 is 2.70 bits per heavy atom. The summed E-state index contributed by atoms with van der Waals surface area (Å²) in [6.07, 6.45) is 6.84. The average molecular weight is 385 g/mol. The van der Waals surface area contributed by atoms with Gasteiger partial charge in [-0.1, -0.05) is 36.4 Å². The lowest BCUT2D eigenvalue weighted by Gasteiger charge is -2.38. The van der Waals surface area contributed by atoms with Gasteiger partial charge in [-0.2, -0.15) is 0 Å². The molecule has 1 unspecified atom stereocenters. The van der Waals surface area contributed by atoms with Crippen molar-refractivity contribution >= 4 is 26.5 Å². The van der Waals surface area contributed by atoms with Gasteiger partial charge in [-0.25, -0.2) is 12.7 Å². The predicted molar refractivity (Wildman–Crippen MR) is 109 cm³/mol. The number of nitrogens with one attached hydrogen (secondary N) is 1. The molecule has 0 aromatic heterocycles. The quantitative estimate of drug-likeness (QED) is 0.795. The van der Waals surface area contributed by atoms with Crippen molar-refractivity contribution in [2.45, 2.75) is 31.1 Å². The molecule has 2 aromatic rings. The van der Waals surface area contributed by atoms with Crippen LogP contribution in [0.4, 0.5) is 5.69 Å². The Labute approximate surface area is 160 Å². The average Bonchev–Trinajstić information content (AvgIpc) is 2.68. The molecule has 6 heteroatoms. The van der Waals surface area contributed by atoms with Gasteiger partial charge in [0.25, 0.3) is 10.0 Å². The molecule has 27 heavy (non-hydrogen) atoms. The molecule has 1 aliphatic carbocycles. The number of nitrogens with zero attached hydrogens (tertiary/aromatic N) is 1. The van der Waals surface area contributed by atoms with Crippen molar-refractivity contribution in [2.24, 2.45) is 0 Å². The molecule has 1 heterocycles. The fourth-order valence-corrected chi connectivity index (χ4v) is 5.40. The first-order valence-corrected chi connectivity index (χ1v) is 10.9. The lowest BCUT2D eigenvalue weighted by atomic mass is 10.1. The zero-order chi connectivity index (χ0) is 18.9. The van der Waals surface area contributed by atoms with Crippen molar-refractivity contribution in [1.29, 1.82) is 0 Å². The first kappa shape index (κ1) is 18.1. The third-order valence-corrected chi connectivity index (χ3v) is 6.90. The van der Waals surface area contributed by atoms with Crippen LogP contribution in [0.5, 0.6) is 0 Å². The zero-order valence-electron chi connectivity index (χ0n) is 15.4. The van der Waals surface area contributed by atoms with Gasteiger partial charge in [-0.3, -0.25) is 0 Å². The largest absolute Gasteiger partial charge is 0.471 e. The van der Waals surface area contributed by atoms with Gasteiger partial charge in [0.1, 0.15) is 5.76 Å². The van der Waals surface area contributed by atoms with Crippen molar-refractivity contribution in [1.82, 2.24) is 5.32 Å². The second-order valence-corrected chi connectivity index (χ2v) is 8.79. The van der Waals surface area contributed by atoms with E-state index in [1.807, 2.05) is 61.7 Å². The molecular weight excluding hydrogens is 360 g/mol. The van der Waals surface area contributed by atoms with E-state index >= 15 is 0 Å². The second kappa shape index (κ2) is 7.37. The number of ether oxygens (including phenoxy) is 1. The summed E-state index contributed by atoms with van der Waals surface area (Å²) in [5.74, 6) is 0.679. The third-order valence-electron chi connectivity index (χ3n) is 4.98. The molecule has 2 aromatic carbocycles. The number of sulfonamides is 1. The van der Waals surface area contributed by atoms with E-state index in [4.69, 9.17) is 4.74 Å². The first-order chi connectivity index (χ1) is 13.1. The Hall–Kier alpha value is -2.31. The summed E-state index contributed by atoms with van der Waals surface area (Å²) in [5.41, 5.74) is 0.440. The highest BCUT2D eigenvalue weighted by molar-refractivity contribution is 7.93. The van der Waals surface area contributed by atoms with E-state index in [-0.39, 0.29) is 0 Å². The van der Waals surface area contributed by atoms with Crippen LogP contribution in [0, 0.1) is 0 Å². The summed E-state index contributed by atoms with van der Waals surface area (Å²) in [7, 11) is -1.80. The summed E-state index contributed by atoms with van der Waals surface area (Å²) in [5, 5.41) is 5.17. The number of fused-ring (bicyclic) bond motifs is 2. The van der Waals surface area contributed by atoms with Crippen molar-refractivity contribution in [3.8, 4) is 0 Å². The number of hydrogen-bond acceptors (Lipinski definition) is 4. The fourth-order valence-electron chi connectivity index (χ4n) is 3.63. The van der Waals surface area contributed by atoms with Crippen molar-refractivity contribution in [2.75, 3.05) is 17.9 Å². The van der Waals surface area contributed by atoms with Crippen LogP contribution in [0.1, 0.15) is 25.7 Å². The van der Waals surface area contributed by atoms with E-state index in [0.29, 0.717) is 23.6 Å². The summed E-state index contributed by atoms with van der Waals surface area (Å²) in [6.45, 7) is 0.757. The molecule has 1 aliphatic heterocycles. The lowest BCUT2D eigenvalue weighted by molar-refractivity contribution is 0.164. The molecule has 0 radical (unpaired) electrons. The number of allylic oxidation sites excluding steroid dienone is 2. The standard InChI is InChI=1S/C21H24N2O3S/c1-22-14-6-11-21-26-20-10-5-4-9-19(20)23(27(21,24)25)18-13-12-16-7-2-3-8-17(16)15-18/h2-3,7-10,12-13,15,21-22H,4-6,11,14H2,1H3. The fraction of sp³-hybridized carbons (Fsp3) is 0.333. The van der Waals surface area contributed by atoms with Gasteiger partial charge in [0.2, 0.25) is 5.44 Å². The molecule has 2 aliphatic rings. The van der Waals surface area contributed by atoms with Crippen LogP contribution in [0.3, 0.4) is 0 Å². The maximum atomic E-state index is 13.4. The molecule has 4 rings (SSSR count). The van der Waals surface area contributed by atoms with Gasteiger partial charge >= 0.3 is 0 Å². The highest BCUT2D eigenvalue weighted by Gasteiger charge is 2.43. The minimum Gasteiger partial charge on any atom is -0.471 e. The topological polar surface area (TPSA) is 58.6 Å². The van der Waals surface area contributed by atoms with Crippen LogP contribution >= 0.6 is 0 Å². The molecule has 1 fully saturated rings. The lowest BCUT2D eigenvalue weighted by Crippen LogP contribution is -2.45. The number of hydrogen-bond donors (Lipinski definition) is 1. The summed E-state index contributed by atoms with van der Waals surface area (Å²) >= 11 is 0. The van der Waals surface area contributed by atoms with E-state index < -0.39 is 15.5 Å². The molecule has 1 saturated heterocycles. The first-order valence-electron chi connectivity index (χ1n) is 9.36. The Morgan fingerprint density at radius 2 is 1.89 bits per heavy atom. The molecular formula is C21H24N2O3S. The van der Waals surface area contributed by atoms with Crippen molar-refractivity contribution < 1.29 is 13.2 Å². The molecule has 1 atom stereocenters. The number of rotatable bonds is 5. The highest BCUT2D eigenvalue weighted by Crippen LogP contribution is 2.40. The smallest absolute Gasteiger partial charge is 0.277 e. The van der Waals surface area contributed by atoms with Crippen LogP contribution in [0.15, 0.2) is 66.1 Å². The molecule has 142 valence electrons. The second-order valence-electron chi connectivity index (χ2n) is 6.87. The van der Waals surface area contributed by atoms with E-state index in [1.54, 1.807) is 0 Å². The molecule has 0 spiro atoms. The summed E-state index contributed by atoms with van der Waals surface area (Å²) < 4.78 is 34.2. The summed E-state index contributed by atoms with van der Waals surface area (Å²) in [6, 6.07) is 13.8. The van der Waals surface area contributed by atoms with Crippen molar-refractivity contribution in [3.05, 3.63) is 66.1 Å². The van der Waals surface area contributed by atoms with Gasteiger partial charge < -0.3 is 10.1 Å². The minimum atomic E-state index is -3.66. The van der Waals surface area contributed by atoms with E-state index in [9.17, 15) is 8.42 Å². The van der Waals surface area contributed by atoms with Gasteiger partial charge in [-0.05, 0) is 61.8 Å². The Kier molecular flexibility index (Phi) is 4.93. The molecule has 0 bridgehead atoms. The van der Waals surface area contributed by atoms with Gasteiger partial charge in [0, 0.05) is 6.42 Å². The molecule has 1 N–H and O–H groups in total. The van der Waals surface area contributed by atoms with Crippen LogP contribution in [0.25, 0.3) is 10.8 Å². The van der Waals surface area contributed by atoms with Crippen LogP contribution < -0.4 is 9.62 Å². The highest BCUT2D eigenvalue weighted by atomic mass is 32.2. The minimum absolute atomic E-state index is 0.456. The maximum absolute atomic E-state index is 13.4. The molecule has 0 amide bonds. The zero-order valence-corrected chi connectivity index (χ0v) is 16.2. The molecule has 0 saturated carbocycles. The molecule has 5 nitrogen and oxygen atoms in total. The Balaban J connectivity index is 1.78. The van der Waals surface area contributed by atoms with Crippen molar-refractivity contribution in [3.63, 3.8) is 0 Å². The van der Waals surface area contributed by atoms with Crippen LogP contribution in [-0.4, -0.2) is 27.4 Å². The normalized spacial score (nSPS) is 21.2. The van der Waals surface area contributed by atoms with Crippen LogP contribution in [0.2, 0.25) is 0 Å². The van der Waals surface area contributed by atoms with Gasteiger partial charge in [0.15, 0.2) is 0 Å². The monoisotopic (exact) mass is 384 g/mol. The Morgan fingerprint density at radius 1 is 1.11 bits per heavy atom. The SMILES string of the molecule is CNCCCC1OC2=CCCC=C2N(c2ccc3ccccc3c2)S1(=O)=O. The number of anilines is 1. The van der Waals surface area contributed by atoms with E-state index in [1.165, 1.54) is 4.31 Å². The third kappa shape index (κ3) is 3.35. The van der Waals surface area contributed by atoms with E-state index in [2.05, 4.69) is 5.32 Å². The summed E-state index contributed by atoms with van der Waals surface area (Å²) in [4.78, 5) is 0. The maximum Gasteiger partial charge on any atom is 0.277 e. The van der Waals surface area contributed by atoms with Gasteiger partial charge in [0.05, 0.1) is 11.4 Å².